The molecule has 0 bridgehead atoms. The van der Waals surface area contributed by atoms with Gasteiger partial charge in [-0.3, -0.25) is 5.10 Å². The Morgan fingerprint density at radius 3 is 2.77 bits per heavy atom. The quantitative estimate of drug-likeness (QED) is 0.528. The van der Waals surface area contributed by atoms with E-state index in [0.29, 0.717) is 27.9 Å². The van der Waals surface area contributed by atoms with Gasteiger partial charge in [0.1, 0.15) is 11.6 Å². The van der Waals surface area contributed by atoms with Gasteiger partial charge in [0.2, 0.25) is 4.77 Å². The van der Waals surface area contributed by atoms with Gasteiger partial charge in [-0.15, -0.1) is 0 Å². The first-order valence-electron chi connectivity index (χ1n) is 6.50. The monoisotopic (exact) mass is 312 g/mol. The average Bonchev–Trinajstić information content (AvgIpc) is 2.94. The molecule has 0 aliphatic rings. The molecule has 5 nitrogen and oxygen atoms in total. The molecular weight excluding hydrogens is 303 g/mol. The maximum atomic E-state index is 13.5. The molecule has 2 aromatic heterocycles. The molecule has 4 aromatic rings. The number of hydrogen-bond donors (Lipinski definition) is 2. The van der Waals surface area contributed by atoms with Gasteiger partial charge in [0.05, 0.1) is 11.1 Å². The van der Waals surface area contributed by atoms with Crippen LogP contribution in [0, 0.1) is 10.6 Å². The third kappa shape index (κ3) is 1.86. The van der Waals surface area contributed by atoms with Crippen molar-refractivity contribution in [1.29, 1.82) is 0 Å². The number of aromatic nitrogens is 4. The number of H-pyrrole nitrogens is 1. The summed E-state index contributed by atoms with van der Waals surface area (Å²) in [5.41, 5.74) is 1.57. The van der Waals surface area contributed by atoms with E-state index in [0.717, 1.165) is 0 Å². The highest BCUT2D eigenvalue weighted by molar-refractivity contribution is 7.71. The molecule has 22 heavy (non-hydrogen) atoms. The number of aromatic amines is 1. The zero-order chi connectivity index (χ0) is 15.3. The second-order valence-electron chi connectivity index (χ2n) is 4.80. The molecule has 4 rings (SSSR count). The summed E-state index contributed by atoms with van der Waals surface area (Å²) in [6.07, 6.45) is 0. The van der Waals surface area contributed by atoms with Crippen molar-refractivity contribution in [2.75, 3.05) is 0 Å². The highest BCUT2D eigenvalue weighted by atomic mass is 32.1. The number of halogens is 1. The summed E-state index contributed by atoms with van der Waals surface area (Å²) in [4.78, 5) is 8.70. The van der Waals surface area contributed by atoms with E-state index in [9.17, 15) is 9.50 Å². The summed E-state index contributed by atoms with van der Waals surface area (Å²) < 4.78 is 15.3. The fourth-order valence-electron chi connectivity index (χ4n) is 2.39. The van der Waals surface area contributed by atoms with E-state index < -0.39 is 0 Å². The van der Waals surface area contributed by atoms with Crippen molar-refractivity contribution in [3.8, 4) is 17.1 Å². The van der Waals surface area contributed by atoms with Crippen molar-refractivity contribution in [2.45, 2.75) is 0 Å². The van der Waals surface area contributed by atoms with Crippen LogP contribution in [0.15, 0.2) is 42.5 Å². The molecule has 2 aromatic carbocycles. The second-order valence-corrected chi connectivity index (χ2v) is 5.17. The molecule has 0 spiro atoms. The Balaban J connectivity index is 2.11. The lowest BCUT2D eigenvalue weighted by Crippen LogP contribution is -1.95. The zero-order valence-corrected chi connectivity index (χ0v) is 11.9. The van der Waals surface area contributed by atoms with E-state index in [1.54, 1.807) is 30.3 Å². The maximum Gasteiger partial charge on any atom is 0.221 e. The van der Waals surface area contributed by atoms with Crippen LogP contribution in [0.1, 0.15) is 0 Å². The number of hydrogen-bond acceptors (Lipinski definition) is 4. The van der Waals surface area contributed by atoms with E-state index in [-0.39, 0.29) is 16.3 Å². The molecule has 0 unspecified atom stereocenters. The highest BCUT2D eigenvalue weighted by Crippen LogP contribution is 2.27. The molecule has 0 radical (unpaired) electrons. The van der Waals surface area contributed by atoms with Crippen LogP contribution >= 0.6 is 12.2 Å². The number of nitrogens with one attached hydrogen (secondary N) is 1. The molecule has 0 aliphatic carbocycles. The third-order valence-electron chi connectivity index (χ3n) is 3.41. The van der Waals surface area contributed by atoms with Crippen LogP contribution in [0.4, 0.5) is 4.39 Å². The molecule has 0 amide bonds. The minimum atomic E-state index is -0.375. The van der Waals surface area contributed by atoms with Gasteiger partial charge in [0.25, 0.3) is 0 Å². The Hall–Kier alpha value is -2.80. The van der Waals surface area contributed by atoms with Gasteiger partial charge >= 0.3 is 0 Å². The molecule has 0 aliphatic heterocycles. The second kappa shape index (κ2) is 4.60. The third-order valence-corrected chi connectivity index (χ3v) is 3.69. The molecule has 108 valence electrons. The molecule has 0 saturated heterocycles. The summed E-state index contributed by atoms with van der Waals surface area (Å²) in [5, 5.41) is 13.5. The average molecular weight is 312 g/mol. The normalized spacial score (nSPS) is 11.3. The SMILES string of the molecule is Oc1ccccc1-c1nc2c3cc(F)ccc3nc(=S)n2[nH]1. The van der Waals surface area contributed by atoms with E-state index >= 15 is 0 Å². The van der Waals surface area contributed by atoms with Crippen LogP contribution in [0.2, 0.25) is 0 Å². The fraction of sp³-hybridized carbons (Fsp3) is 0. The standard InChI is InChI=1S/C15H9FN4OS/c16-8-5-6-11-10(7-8)14-18-13(19-20(14)15(22)17-11)9-3-1-2-4-12(9)21/h1-7,21H,(H,18,19). The Bertz CT molecular complexity index is 1090. The van der Waals surface area contributed by atoms with Crippen LogP contribution in [0.5, 0.6) is 5.75 Å². The number of phenols is 1. The van der Waals surface area contributed by atoms with Crippen LogP contribution in [0.3, 0.4) is 0 Å². The molecular formula is C15H9FN4OS. The molecule has 7 heteroatoms. The van der Waals surface area contributed by atoms with Gasteiger partial charge in [0, 0.05) is 5.39 Å². The van der Waals surface area contributed by atoms with Crippen molar-refractivity contribution < 1.29 is 9.50 Å². The van der Waals surface area contributed by atoms with E-state index in [1.165, 1.54) is 16.6 Å². The topological polar surface area (TPSA) is 66.2 Å². The van der Waals surface area contributed by atoms with Crippen molar-refractivity contribution in [1.82, 2.24) is 19.6 Å². The van der Waals surface area contributed by atoms with Gasteiger partial charge in [-0.05, 0) is 42.5 Å². The zero-order valence-electron chi connectivity index (χ0n) is 11.1. The van der Waals surface area contributed by atoms with E-state index in [1.807, 2.05) is 0 Å². The first-order chi connectivity index (χ1) is 10.6. The smallest absolute Gasteiger partial charge is 0.221 e. The Kier molecular flexibility index (Phi) is 2.70. The van der Waals surface area contributed by atoms with Gasteiger partial charge < -0.3 is 5.11 Å². The summed E-state index contributed by atoms with van der Waals surface area (Å²) in [6.45, 7) is 0. The van der Waals surface area contributed by atoms with E-state index in [2.05, 4.69) is 15.1 Å². The van der Waals surface area contributed by atoms with Crippen molar-refractivity contribution in [3.63, 3.8) is 0 Å². The highest BCUT2D eigenvalue weighted by Gasteiger charge is 2.13. The maximum absolute atomic E-state index is 13.5. The molecule has 2 heterocycles. The molecule has 0 atom stereocenters. The van der Waals surface area contributed by atoms with Crippen molar-refractivity contribution >= 4 is 28.8 Å². The number of phenolic OH excluding ortho intramolecular Hbond substituents is 1. The number of para-hydroxylation sites is 1. The van der Waals surface area contributed by atoms with Crippen LogP contribution < -0.4 is 0 Å². The summed E-state index contributed by atoms with van der Waals surface area (Å²) in [7, 11) is 0. The number of fused-ring (bicyclic) bond motifs is 3. The van der Waals surface area contributed by atoms with Gasteiger partial charge in [-0.25, -0.2) is 18.9 Å². The predicted octanol–water partition coefficient (Wildman–Crippen LogP) is 3.45. The Labute approximate surface area is 128 Å². The van der Waals surface area contributed by atoms with Crippen LogP contribution in [0.25, 0.3) is 27.9 Å². The van der Waals surface area contributed by atoms with E-state index in [4.69, 9.17) is 12.2 Å². The number of rotatable bonds is 1. The number of aromatic hydroxyl groups is 1. The van der Waals surface area contributed by atoms with Crippen LogP contribution in [-0.2, 0) is 0 Å². The van der Waals surface area contributed by atoms with Crippen molar-refractivity contribution in [3.05, 3.63) is 53.1 Å². The number of benzene rings is 2. The molecule has 0 saturated carbocycles. The summed E-state index contributed by atoms with van der Waals surface area (Å²) >= 11 is 5.23. The Morgan fingerprint density at radius 2 is 1.95 bits per heavy atom. The molecule has 2 N–H and O–H groups in total. The van der Waals surface area contributed by atoms with Crippen LogP contribution in [-0.4, -0.2) is 24.7 Å². The lowest BCUT2D eigenvalue weighted by molar-refractivity contribution is 0.477. The minimum Gasteiger partial charge on any atom is -0.507 e. The first-order valence-corrected chi connectivity index (χ1v) is 6.91. The van der Waals surface area contributed by atoms with Crippen molar-refractivity contribution in [2.24, 2.45) is 0 Å². The summed E-state index contributed by atoms with van der Waals surface area (Å²) in [6, 6.07) is 11.1. The lowest BCUT2D eigenvalue weighted by Gasteiger charge is -1.99. The lowest BCUT2D eigenvalue weighted by atomic mass is 10.2. The number of nitrogens with zero attached hydrogens (tertiary/aromatic N) is 3. The Morgan fingerprint density at radius 1 is 1.14 bits per heavy atom. The van der Waals surface area contributed by atoms with Gasteiger partial charge in [-0.2, -0.15) is 0 Å². The molecule has 0 fully saturated rings. The first kappa shape index (κ1) is 12.9. The summed E-state index contributed by atoms with van der Waals surface area (Å²) in [5.74, 6) is 0.153. The van der Waals surface area contributed by atoms with Gasteiger partial charge in [-0.1, -0.05) is 12.1 Å². The largest absolute Gasteiger partial charge is 0.507 e. The van der Waals surface area contributed by atoms with Gasteiger partial charge in [0.15, 0.2) is 11.5 Å². The minimum absolute atomic E-state index is 0.0940. The predicted molar refractivity (Wildman–Crippen MR) is 82.7 cm³/mol. The fourth-order valence-corrected chi connectivity index (χ4v) is 2.62.